The largest absolute Gasteiger partial charge is 0.375 e. The van der Waals surface area contributed by atoms with E-state index in [2.05, 4.69) is 65.7 Å². The molecule has 2 atom stereocenters. The zero-order valence-corrected chi connectivity index (χ0v) is 17.9. The minimum atomic E-state index is -0.424. The Morgan fingerprint density at radius 1 is 1.21 bits per heavy atom. The molecule has 0 heterocycles. The highest BCUT2D eigenvalue weighted by molar-refractivity contribution is 7.78. The summed E-state index contributed by atoms with van der Waals surface area (Å²) in [5.41, 5.74) is -0.483. The van der Waals surface area contributed by atoms with Crippen molar-refractivity contribution in [2.24, 2.45) is 22.7 Å². The van der Waals surface area contributed by atoms with Crippen molar-refractivity contribution < 1.29 is 9.53 Å². The SMILES string of the molecule is C=CCC(C)(C)COC(C)(C)CC(C)CC(C)C(C)(C)C(=O)NS. The number of amides is 1. The molecule has 0 radical (unpaired) electrons. The van der Waals surface area contributed by atoms with Crippen LogP contribution in [0.15, 0.2) is 12.7 Å². The van der Waals surface area contributed by atoms with Crippen LogP contribution in [0.5, 0.6) is 0 Å². The zero-order chi connectivity index (χ0) is 19.2. The molecule has 0 saturated carbocycles. The van der Waals surface area contributed by atoms with Gasteiger partial charge in [-0.2, -0.15) is 0 Å². The summed E-state index contributed by atoms with van der Waals surface area (Å²) in [6.07, 6.45) is 4.86. The van der Waals surface area contributed by atoms with Crippen LogP contribution in [0.3, 0.4) is 0 Å². The van der Waals surface area contributed by atoms with Gasteiger partial charge in [0.25, 0.3) is 0 Å². The molecular formula is C20H39NO2S. The molecule has 0 rings (SSSR count). The highest BCUT2D eigenvalue weighted by atomic mass is 32.1. The standard InChI is InChI=1S/C20H39NO2S/c1-10-11-18(4,5)14-23-19(6,7)13-15(2)12-16(3)20(8,9)17(22)21-24/h10,15-16,24H,1,11-14H2,2-9H3,(H,21,22). The molecule has 0 aliphatic heterocycles. The molecule has 3 nitrogen and oxygen atoms in total. The number of carbonyl (C=O) groups excluding carboxylic acids is 1. The van der Waals surface area contributed by atoms with Gasteiger partial charge in [-0.15, -0.1) is 6.58 Å². The number of allylic oxidation sites excluding steroid dienone is 1. The van der Waals surface area contributed by atoms with Gasteiger partial charge >= 0.3 is 0 Å². The minimum absolute atomic E-state index is 0.0211. The Morgan fingerprint density at radius 2 is 1.75 bits per heavy atom. The molecule has 0 fully saturated rings. The van der Waals surface area contributed by atoms with E-state index in [4.69, 9.17) is 4.74 Å². The topological polar surface area (TPSA) is 38.3 Å². The lowest BCUT2D eigenvalue weighted by atomic mass is 9.74. The predicted octanol–water partition coefficient (Wildman–Crippen LogP) is 5.42. The monoisotopic (exact) mass is 357 g/mol. The van der Waals surface area contributed by atoms with E-state index in [1.54, 1.807) is 0 Å². The second-order valence-electron chi connectivity index (χ2n) is 9.31. The van der Waals surface area contributed by atoms with E-state index >= 15 is 0 Å². The molecule has 0 aromatic heterocycles. The summed E-state index contributed by atoms with van der Waals surface area (Å²) in [7, 11) is 0. The summed E-state index contributed by atoms with van der Waals surface area (Å²) in [6.45, 7) is 21.6. The van der Waals surface area contributed by atoms with Gasteiger partial charge in [0.1, 0.15) is 0 Å². The van der Waals surface area contributed by atoms with Crippen LogP contribution in [0.25, 0.3) is 0 Å². The minimum Gasteiger partial charge on any atom is -0.375 e. The second-order valence-corrected chi connectivity index (χ2v) is 9.54. The van der Waals surface area contributed by atoms with Gasteiger partial charge in [0.2, 0.25) is 5.91 Å². The highest BCUT2D eigenvalue weighted by Gasteiger charge is 2.35. The van der Waals surface area contributed by atoms with Crippen LogP contribution in [0.1, 0.15) is 74.7 Å². The van der Waals surface area contributed by atoms with Gasteiger partial charge in [0, 0.05) is 5.41 Å². The van der Waals surface area contributed by atoms with Gasteiger partial charge < -0.3 is 9.46 Å². The molecule has 0 aromatic rings. The molecule has 142 valence electrons. The van der Waals surface area contributed by atoms with Crippen molar-refractivity contribution in [3.05, 3.63) is 12.7 Å². The molecule has 0 aromatic carbocycles. The number of hydrogen-bond acceptors (Lipinski definition) is 3. The lowest BCUT2D eigenvalue weighted by Crippen LogP contribution is -2.39. The molecule has 0 aliphatic rings. The average molecular weight is 358 g/mol. The number of hydrogen-bond donors (Lipinski definition) is 2. The Labute approximate surface area is 155 Å². The molecule has 0 aliphatic carbocycles. The van der Waals surface area contributed by atoms with Crippen molar-refractivity contribution in [1.82, 2.24) is 4.72 Å². The number of rotatable bonds is 11. The lowest BCUT2D eigenvalue weighted by molar-refractivity contribution is -0.130. The lowest BCUT2D eigenvalue weighted by Gasteiger charge is -2.36. The quantitative estimate of drug-likeness (QED) is 0.382. The molecule has 4 heteroatoms. The number of nitrogens with one attached hydrogen (secondary N) is 1. The molecular weight excluding hydrogens is 318 g/mol. The van der Waals surface area contributed by atoms with Gasteiger partial charge in [-0.3, -0.25) is 4.79 Å². The Kier molecular flexibility index (Phi) is 9.10. The summed E-state index contributed by atoms with van der Waals surface area (Å²) in [4.78, 5) is 12.0. The summed E-state index contributed by atoms with van der Waals surface area (Å²) in [6, 6.07) is 0. The second kappa shape index (κ2) is 9.28. The molecule has 0 spiro atoms. The number of carbonyl (C=O) groups is 1. The first-order valence-corrected chi connectivity index (χ1v) is 9.41. The van der Waals surface area contributed by atoms with E-state index in [1.165, 1.54) is 0 Å². The molecule has 0 bridgehead atoms. The van der Waals surface area contributed by atoms with Crippen molar-refractivity contribution in [2.45, 2.75) is 80.3 Å². The van der Waals surface area contributed by atoms with Crippen molar-refractivity contribution in [3.8, 4) is 0 Å². The van der Waals surface area contributed by atoms with Crippen molar-refractivity contribution in [1.29, 1.82) is 0 Å². The highest BCUT2D eigenvalue weighted by Crippen LogP contribution is 2.35. The summed E-state index contributed by atoms with van der Waals surface area (Å²) >= 11 is 3.91. The van der Waals surface area contributed by atoms with E-state index in [-0.39, 0.29) is 22.8 Å². The van der Waals surface area contributed by atoms with Crippen LogP contribution < -0.4 is 4.72 Å². The Morgan fingerprint density at radius 3 is 2.21 bits per heavy atom. The van der Waals surface area contributed by atoms with Gasteiger partial charge in [-0.1, -0.05) is 60.4 Å². The van der Waals surface area contributed by atoms with Crippen molar-refractivity contribution in [2.75, 3.05) is 6.61 Å². The third-order valence-corrected chi connectivity index (χ3v) is 5.27. The summed E-state index contributed by atoms with van der Waals surface area (Å²) < 4.78 is 8.69. The average Bonchev–Trinajstić information content (AvgIpc) is 2.43. The number of ether oxygens (including phenoxy) is 1. The normalized spacial score (nSPS) is 15.7. The number of thiol groups is 1. The fraction of sp³-hybridized carbons (Fsp3) is 0.850. The summed E-state index contributed by atoms with van der Waals surface area (Å²) in [5.74, 6) is 0.726. The van der Waals surface area contributed by atoms with Gasteiger partial charge in [0.05, 0.1) is 12.2 Å². The molecule has 1 N–H and O–H groups in total. The predicted molar refractivity (Wildman–Crippen MR) is 107 cm³/mol. The molecule has 0 saturated heterocycles. The van der Waals surface area contributed by atoms with Crippen LogP contribution in [-0.4, -0.2) is 18.1 Å². The van der Waals surface area contributed by atoms with Gasteiger partial charge in [-0.05, 0) is 50.4 Å². The van der Waals surface area contributed by atoms with E-state index in [0.29, 0.717) is 5.92 Å². The Hall–Kier alpha value is -0.480. The van der Waals surface area contributed by atoms with E-state index < -0.39 is 5.41 Å². The zero-order valence-electron chi connectivity index (χ0n) is 17.0. The van der Waals surface area contributed by atoms with Crippen LogP contribution in [-0.2, 0) is 9.53 Å². The summed E-state index contributed by atoms with van der Waals surface area (Å²) in [5, 5.41) is 0. The maximum atomic E-state index is 12.0. The first-order chi connectivity index (χ1) is 10.8. The van der Waals surface area contributed by atoms with Crippen molar-refractivity contribution >= 4 is 18.7 Å². The third kappa shape index (κ3) is 8.06. The van der Waals surface area contributed by atoms with Crippen LogP contribution in [0.2, 0.25) is 0 Å². The van der Waals surface area contributed by atoms with Crippen molar-refractivity contribution in [3.63, 3.8) is 0 Å². The fourth-order valence-electron chi connectivity index (χ4n) is 3.09. The van der Waals surface area contributed by atoms with Crippen LogP contribution in [0.4, 0.5) is 0 Å². The molecule has 2 unspecified atom stereocenters. The van der Waals surface area contributed by atoms with Gasteiger partial charge in [-0.25, -0.2) is 0 Å². The van der Waals surface area contributed by atoms with Crippen LogP contribution >= 0.6 is 12.8 Å². The van der Waals surface area contributed by atoms with E-state index in [9.17, 15) is 4.79 Å². The fourth-order valence-corrected chi connectivity index (χ4v) is 3.38. The first-order valence-electron chi connectivity index (χ1n) is 8.97. The molecule has 1 amide bonds. The van der Waals surface area contributed by atoms with Crippen LogP contribution in [0, 0.1) is 22.7 Å². The van der Waals surface area contributed by atoms with E-state index in [1.807, 2.05) is 19.9 Å². The maximum Gasteiger partial charge on any atom is 0.235 e. The smallest absolute Gasteiger partial charge is 0.235 e. The Bertz CT molecular complexity index is 416. The molecule has 24 heavy (non-hydrogen) atoms. The van der Waals surface area contributed by atoms with E-state index in [0.717, 1.165) is 25.9 Å². The van der Waals surface area contributed by atoms with Gasteiger partial charge in [0.15, 0.2) is 0 Å². The maximum absolute atomic E-state index is 12.0. The first kappa shape index (κ1) is 23.5. The Balaban J connectivity index is 4.60. The third-order valence-electron chi connectivity index (χ3n) is 5.07.